The minimum atomic E-state index is -0.495. The SMILES string of the molecule is CC(O)c1ccc(N(C)Cc2cc(Br)cs2)c(Cl)c1. The fourth-order valence-electron chi connectivity index (χ4n) is 1.85. The van der Waals surface area contributed by atoms with Crippen LogP contribution in [0.4, 0.5) is 5.69 Å². The number of halogens is 2. The Kier molecular flexibility index (Phi) is 4.90. The van der Waals surface area contributed by atoms with Crippen molar-refractivity contribution < 1.29 is 5.11 Å². The molecular formula is C14H15BrClNOS. The van der Waals surface area contributed by atoms with Gasteiger partial charge in [-0.2, -0.15) is 0 Å². The van der Waals surface area contributed by atoms with Crippen LogP contribution in [0.15, 0.2) is 34.1 Å². The van der Waals surface area contributed by atoms with Crippen LogP contribution >= 0.6 is 38.9 Å². The van der Waals surface area contributed by atoms with E-state index in [0.717, 1.165) is 22.3 Å². The van der Waals surface area contributed by atoms with Crippen LogP contribution in [0.3, 0.4) is 0 Å². The zero-order chi connectivity index (χ0) is 14.0. The number of aliphatic hydroxyl groups is 1. The Morgan fingerprint density at radius 1 is 1.42 bits per heavy atom. The van der Waals surface area contributed by atoms with Gasteiger partial charge >= 0.3 is 0 Å². The summed E-state index contributed by atoms with van der Waals surface area (Å²) in [7, 11) is 2.01. The Morgan fingerprint density at radius 2 is 2.16 bits per heavy atom. The third-order valence-corrected chi connectivity index (χ3v) is 4.87. The number of nitrogens with zero attached hydrogens (tertiary/aromatic N) is 1. The summed E-state index contributed by atoms with van der Waals surface area (Å²) in [6.07, 6.45) is -0.495. The van der Waals surface area contributed by atoms with Crippen molar-refractivity contribution in [3.63, 3.8) is 0 Å². The van der Waals surface area contributed by atoms with E-state index in [0.29, 0.717) is 5.02 Å². The second-order valence-electron chi connectivity index (χ2n) is 4.47. The Balaban J connectivity index is 2.17. The van der Waals surface area contributed by atoms with E-state index < -0.39 is 6.10 Å². The molecule has 19 heavy (non-hydrogen) atoms. The molecule has 1 aromatic carbocycles. The summed E-state index contributed by atoms with van der Waals surface area (Å²) in [5.74, 6) is 0. The summed E-state index contributed by atoms with van der Waals surface area (Å²) in [5, 5.41) is 12.3. The lowest BCUT2D eigenvalue weighted by Gasteiger charge is -2.20. The lowest BCUT2D eigenvalue weighted by Crippen LogP contribution is -2.16. The summed E-state index contributed by atoms with van der Waals surface area (Å²) in [4.78, 5) is 3.37. The van der Waals surface area contributed by atoms with Gasteiger partial charge < -0.3 is 10.0 Å². The second kappa shape index (κ2) is 6.27. The van der Waals surface area contributed by atoms with E-state index in [9.17, 15) is 5.11 Å². The first-order chi connectivity index (χ1) is 8.97. The van der Waals surface area contributed by atoms with Gasteiger partial charge in [0.1, 0.15) is 0 Å². The molecule has 0 aliphatic heterocycles. The molecule has 0 aliphatic carbocycles. The van der Waals surface area contributed by atoms with Crippen LogP contribution in [-0.4, -0.2) is 12.2 Å². The molecular weight excluding hydrogens is 346 g/mol. The predicted octanol–water partition coefficient (Wildman–Crippen LogP) is 4.85. The average Bonchev–Trinajstić information content (AvgIpc) is 2.74. The van der Waals surface area contributed by atoms with E-state index in [1.54, 1.807) is 18.3 Å². The van der Waals surface area contributed by atoms with Crippen molar-refractivity contribution in [2.45, 2.75) is 19.6 Å². The number of benzene rings is 1. The number of aliphatic hydroxyl groups excluding tert-OH is 1. The van der Waals surface area contributed by atoms with Crippen molar-refractivity contribution in [3.8, 4) is 0 Å². The standard InChI is InChI=1S/C14H15BrClNOS/c1-9(18)10-3-4-14(13(16)5-10)17(2)7-12-6-11(15)8-19-12/h3-6,8-9,18H,7H2,1-2H3. The largest absolute Gasteiger partial charge is 0.389 e. The van der Waals surface area contributed by atoms with Gasteiger partial charge in [0.25, 0.3) is 0 Å². The van der Waals surface area contributed by atoms with Crippen LogP contribution in [0, 0.1) is 0 Å². The quantitative estimate of drug-likeness (QED) is 0.842. The first-order valence-corrected chi connectivity index (χ1v) is 7.94. The van der Waals surface area contributed by atoms with Crippen LogP contribution in [0.2, 0.25) is 5.02 Å². The van der Waals surface area contributed by atoms with E-state index in [1.807, 2.05) is 25.2 Å². The number of anilines is 1. The Morgan fingerprint density at radius 3 is 2.68 bits per heavy atom. The average molecular weight is 361 g/mol. The van der Waals surface area contributed by atoms with Crippen LogP contribution in [0.5, 0.6) is 0 Å². The minimum Gasteiger partial charge on any atom is -0.389 e. The third-order valence-electron chi connectivity index (χ3n) is 2.88. The molecule has 1 atom stereocenters. The zero-order valence-corrected chi connectivity index (χ0v) is 13.9. The van der Waals surface area contributed by atoms with E-state index in [1.165, 1.54) is 4.88 Å². The maximum absolute atomic E-state index is 9.54. The van der Waals surface area contributed by atoms with Crippen LogP contribution in [-0.2, 0) is 6.54 Å². The molecule has 2 rings (SSSR count). The van der Waals surface area contributed by atoms with Crippen molar-refractivity contribution in [2.24, 2.45) is 0 Å². The van der Waals surface area contributed by atoms with Crippen LogP contribution < -0.4 is 4.90 Å². The first-order valence-electron chi connectivity index (χ1n) is 5.89. The molecule has 0 radical (unpaired) electrons. The van der Waals surface area contributed by atoms with Crippen LogP contribution in [0.1, 0.15) is 23.5 Å². The maximum atomic E-state index is 9.54. The van der Waals surface area contributed by atoms with Crippen molar-refractivity contribution in [1.29, 1.82) is 0 Å². The smallest absolute Gasteiger partial charge is 0.0762 e. The Hall–Kier alpha value is -0.550. The summed E-state index contributed by atoms with van der Waals surface area (Å²) >= 11 is 11.5. The van der Waals surface area contributed by atoms with Crippen LogP contribution in [0.25, 0.3) is 0 Å². The van der Waals surface area contributed by atoms with E-state index >= 15 is 0 Å². The van der Waals surface area contributed by atoms with Crippen molar-refractivity contribution in [3.05, 3.63) is 49.6 Å². The monoisotopic (exact) mass is 359 g/mol. The molecule has 2 nitrogen and oxygen atoms in total. The molecule has 1 heterocycles. The molecule has 0 saturated carbocycles. The molecule has 1 aromatic heterocycles. The van der Waals surface area contributed by atoms with E-state index in [4.69, 9.17) is 11.6 Å². The van der Waals surface area contributed by atoms with Gasteiger partial charge in [0.2, 0.25) is 0 Å². The zero-order valence-electron chi connectivity index (χ0n) is 10.7. The first kappa shape index (κ1) is 14.9. The summed E-state index contributed by atoms with van der Waals surface area (Å²) in [6, 6.07) is 7.79. The van der Waals surface area contributed by atoms with Gasteiger partial charge in [0.15, 0.2) is 0 Å². The fraction of sp³-hybridized carbons (Fsp3) is 0.286. The normalized spacial score (nSPS) is 12.5. The Labute approximate surface area is 130 Å². The minimum absolute atomic E-state index is 0.495. The van der Waals surface area contributed by atoms with Gasteiger partial charge in [-0.3, -0.25) is 0 Å². The molecule has 5 heteroatoms. The second-order valence-corrected chi connectivity index (χ2v) is 6.79. The van der Waals surface area contributed by atoms with Crippen molar-refractivity contribution in [1.82, 2.24) is 0 Å². The third kappa shape index (κ3) is 3.72. The highest BCUT2D eigenvalue weighted by atomic mass is 79.9. The topological polar surface area (TPSA) is 23.5 Å². The molecule has 0 spiro atoms. The lowest BCUT2D eigenvalue weighted by atomic mass is 10.1. The predicted molar refractivity (Wildman–Crippen MR) is 86.2 cm³/mol. The molecule has 2 aromatic rings. The molecule has 0 amide bonds. The lowest BCUT2D eigenvalue weighted by molar-refractivity contribution is 0.199. The highest BCUT2D eigenvalue weighted by molar-refractivity contribution is 9.10. The van der Waals surface area contributed by atoms with Gasteiger partial charge in [-0.05, 0) is 46.6 Å². The van der Waals surface area contributed by atoms with Gasteiger partial charge in [0, 0.05) is 21.8 Å². The highest BCUT2D eigenvalue weighted by Crippen LogP contribution is 2.30. The van der Waals surface area contributed by atoms with Gasteiger partial charge in [0.05, 0.1) is 23.4 Å². The maximum Gasteiger partial charge on any atom is 0.0762 e. The molecule has 1 N–H and O–H groups in total. The van der Waals surface area contributed by atoms with E-state index in [2.05, 4.69) is 32.3 Å². The molecule has 0 aliphatic rings. The van der Waals surface area contributed by atoms with Crippen molar-refractivity contribution >= 4 is 44.6 Å². The summed E-state index contributed by atoms with van der Waals surface area (Å²) in [6.45, 7) is 2.54. The number of thiophene rings is 1. The van der Waals surface area contributed by atoms with E-state index in [-0.39, 0.29) is 0 Å². The summed E-state index contributed by atoms with van der Waals surface area (Å²) < 4.78 is 1.11. The molecule has 1 unspecified atom stereocenters. The van der Waals surface area contributed by atoms with Gasteiger partial charge in [-0.1, -0.05) is 17.7 Å². The molecule has 0 bridgehead atoms. The van der Waals surface area contributed by atoms with Gasteiger partial charge in [-0.25, -0.2) is 0 Å². The number of rotatable bonds is 4. The molecule has 0 fully saturated rings. The van der Waals surface area contributed by atoms with Crippen molar-refractivity contribution in [2.75, 3.05) is 11.9 Å². The number of hydrogen-bond donors (Lipinski definition) is 1. The molecule has 0 saturated heterocycles. The Bertz CT molecular complexity index is 570. The van der Waals surface area contributed by atoms with Gasteiger partial charge in [-0.15, -0.1) is 11.3 Å². The fourth-order valence-corrected chi connectivity index (χ4v) is 3.68. The molecule has 102 valence electrons. The highest BCUT2D eigenvalue weighted by Gasteiger charge is 2.10. The summed E-state index contributed by atoms with van der Waals surface area (Å²) in [5.41, 5.74) is 1.80. The number of hydrogen-bond acceptors (Lipinski definition) is 3.